The lowest BCUT2D eigenvalue weighted by atomic mass is 9.93. The summed E-state index contributed by atoms with van der Waals surface area (Å²) in [6, 6.07) is 8.06. The monoisotopic (exact) mass is 457 g/mol. The van der Waals surface area contributed by atoms with Crippen LogP contribution >= 0.6 is 11.3 Å². The number of aromatic amines is 1. The van der Waals surface area contributed by atoms with Gasteiger partial charge in [0.15, 0.2) is 0 Å². The number of aromatic nitrogens is 4. The lowest BCUT2D eigenvalue weighted by molar-refractivity contribution is -0.137. The van der Waals surface area contributed by atoms with Gasteiger partial charge in [0.1, 0.15) is 17.1 Å². The Morgan fingerprint density at radius 3 is 2.56 bits per heavy atom. The van der Waals surface area contributed by atoms with Crippen LogP contribution < -0.4 is 5.32 Å². The third kappa shape index (κ3) is 4.41. The Morgan fingerprint density at radius 1 is 1.12 bits per heavy atom. The number of benzene rings is 1. The standard InChI is InChI=1S/C22H18F3N5OS/c1-13(19-11-32-12-28-19)29-16-6-7-17(26-9-16)18-10-27-20(30-18)21(2,31)14-4-3-5-15(8-14)22(23,24)25/h3-12,29,31H,1H2,2H3,(H,27,30). The van der Waals surface area contributed by atoms with E-state index >= 15 is 0 Å². The molecule has 0 bridgehead atoms. The van der Waals surface area contributed by atoms with Crippen LogP contribution in [0.1, 0.15) is 29.6 Å². The molecular weight excluding hydrogens is 439 g/mol. The van der Waals surface area contributed by atoms with Crippen LogP contribution in [0.15, 0.2) is 66.3 Å². The highest BCUT2D eigenvalue weighted by molar-refractivity contribution is 7.07. The minimum Gasteiger partial charge on any atom is -0.377 e. The predicted octanol–water partition coefficient (Wildman–Crippen LogP) is 5.29. The number of anilines is 1. The first-order chi connectivity index (χ1) is 15.1. The summed E-state index contributed by atoms with van der Waals surface area (Å²) in [6.45, 7) is 5.33. The van der Waals surface area contributed by atoms with Gasteiger partial charge in [0, 0.05) is 11.6 Å². The van der Waals surface area contributed by atoms with Gasteiger partial charge in [0.05, 0.1) is 40.0 Å². The van der Waals surface area contributed by atoms with Gasteiger partial charge in [-0.05, 0) is 36.8 Å². The van der Waals surface area contributed by atoms with Crippen LogP contribution in [0.2, 0.25) is 0 Å². The van der Waals surface area contributed by atoms with E-state index in [0.717, 1.165) is 17.8 Å². The molecule has 3 heterocycles. The van der Waals surface area contributed by atoms with Crippen molar-refractivity contribution >= 4 is 22.7 Å². The summed E-state index contributed by atoms with van der Waals surface area (Å²) in [4.78, 5) is 15.7. The molecule has 1 atom stereocenters. The molecule has 32 heavy (non-hydrogen) atoms. The highest BCUT2D eigenvalue weighted by atomic mass is 32.1. The van der Waals surface area contributed by atoms with Gasteiger partial charge >= 0.3 is 6.18 Å². The molecule has 4 aromatic rings. The third-order valence-electron chi connectivity index (χ3n) is 4.85. The fourth-order valence-corrected chi connectivity index (χ4v) is 3.62. The van der Waals surface area contributed by atoms with Gasteiger partial charge in [-0.3, -0.25) is 4.98 Å². The number of imidazole rings is 1. The van der Waals surface area contributed by atoms with Crippen molar-refractivity contribution in [2.24, 2.45) is 0 Å². The Morgan fingerprint density at radius 2 is 1.91 bits per heavy atom. The Hall–Kier alpha value is -3.50. The highest BCUT2D eigenvalue weighted by Crippen LogP contribution is 2.34. The summed E-state index contributed by atoms with van der Waals surface area (Å²) >= 11 is 1.47. The number of nitrogens with zero attached hydrogens (tertiary/aromatic N) is 3. The summed E-state index contributed by atoms with van der Waals surface area (Å²) in [5, 5.41) is 15.9. The van der Waals surface area contributed by atoms with Crippen molar-refractivity contribution in [1.29, 1.82) is 0 Å². The second-order valence-corrected chi connectivity index (χ2v) is 7.91. The van der Waals surface area contributed by atoms with Gasteiger partial charge in [-0.15, -0.1) is 11.3 Å². The van der Waals surface area contributed by atoms with Crippen molar-refractivity contribution in [3.63, 3.8) is 0 Å². The number of rotatable bonds is 6. The van der Waals surface area contributed by atoms with Crippen LogP contribution in [0.3, 0.4) is 0 Å². The number of H-pyrrole nitrogens is 1. The van der Waals surface area contributed by atoms with E-state index in [1.165, 1.54) is 30.4 Å². The smallest absolute Gasteiger partial charge is 0.377 e. The first-order valence-electron chi connectivity index (χ1n) is 9.41. The predicted molar refractivity (Wildman–Crippen MR) is 117 cm³/mol. The zero-order valence-electron chi connectivity index (χ0n) is 16.8. The maximum atomic E-state index is 13.0. The summed E-state index contributed by atoms with van der Waals surface area (Å²) in [5.41, 5.74) is 2.24. The molecule has 0 spiro atoms. The van der Waals surface area contributed by atoms with E-state index in [-0.39, 0.29) is 11.4 Å². The summed E-state index contributed by atoms with van der Waals surface area (Å²) in [5.74, 6) is 0.104. The first kappa shape index (κ1) is 21.7. The number of aliphatic hydroxyl groups is 1. The number of nitrogens with one attached hydrogen (secondary N) is 2. The maximum absolute atomic E-state index is 13.0. The second kappa shape index (κ2) is 8.21. The minimum atomic E-state index is -4.51. The van der Waals surface area contributed by atoms with Crippen LogP contribution in [-0.4, -0.2) is 25.0 Å². The van der Waals surface area contributed by atoms with E-state index in [0.29, 0.717) is 22.8 Å². The Bertz CT molecular complexity index is 1230. The number of alkyl halides is 3. The first-order valence-corrected chi connectivity index (χ1v) is 10.4. The molecule has 3 N–H and O–H groups in total. The van der Waals surface area contributed by atoms with Crippen molar-refractivity contribution in [2.75, 3.05) is 5.32 Å². The third-order valence-corrected chi connectivity index (χ3v) is 5.44. The van der Waals surface area contributed by atoms with Crippen molar-refractivity contribution in [2.45, 2.75) is 18.7 Å². The maximum Gasteiger partial charge on any atom is 0.416 e. The Kier molecular flexibility index (Phi) is 5.57. The van der Waals surface area contributed by atoms with Crippen LogP contribution in [0, 0.1) is 0 Å². The number of pyridine rings is 1. The van der Waals surface area contributed by atoms with E-state index in [1.54, 1.807) is 30.0 Å². The molecule has 0 aliphatic carbocycles. The van der Waals surface area contributed by atoms with E-state index in [2.05, 4.69) is 31.8 Å². The van der Waals surface area contributed by atoms with Gasteiger partial charge in [0.2, 0.25) is 0 Å². The van der Waals surface area contributed by atoms with Crippen LogP contribution in [0.4, 0.5) is 18.9 Å². The molecule has 0 aliphatic heterocycles. The summed E-state index contributed by atoms with van der Waals surface area (Å²) in [6.07, 6.45) is -1.36. The molecule has 4 rings (SSSR count). The van der Waals surface area contributed by atoms with Gasteiger partial charge in [-0.2, -0.15) is 13.2 Å². The van der Waals surface area contributed by atoms with Crippen LogP contribution in [-0.2, 0) is 11.8 Å². The molecule has 3 aromatic heterocycles. The van der Waals surface area contributed by atoms with Crippen molar-refractivity contribution in [1.82, 2.24) is 19.9 Å². The average Bonchev–Trinajstić information content (AvgIpc) is 3.46. The topological polar surface area (TPSA) is 86.7 Å². The zero-order valence-corrected chi connectivity index (χ0v) is 17.6. The van der Waals surface area contributed by atoms with E-state index < -0.39 is 17.3 Å². The van der Waals surface area contributed by atoms with Gasteiger partial charge < -0.3 is 15.4 Å². The SMILES string of the molecule is C=C(Nc1ccc(-c2c[nH]c(C(C)(O)c3cccc(C(F)(F)F)c3)n2)nc1)c1cscn1. The van der Waals surface area contributed by atoms with Crippen LogP contribution in [0.5, 0.6) is 0 Å². The van der Waals surface area contributed by atoms with Gasteiger partial charge in [0.25, 0.3) is 0 Å². The lowest BCUT2D eigenvalue weighted by Crippen LogP contribution is -2.25. The fourth-order valence-electron chi connectivity index (χ4n) is 3.06. The molecule has 6 nitrogen and oxygen atoms in total. The van der Waals surface area contributed by atoms with Crippen LogP contribution in [0.25, 0.3) is 17.1 Å². The van der Waals surface area contributed by atoms with E-state index in [4.69, 9.17) is 0 Å². The molecule has 10 heteroatoms. The average molecular weight is 457 g/mol. The molecule has 0 fully saturated rings. The Balaban J connectivity index is 1.54. The largest absolute Gasteiger partial charge is 0.416 e. The summed E-state index contributed by atoms with van der Waals surface area (Å²) in [7, 11) is 0. The number of halogens is 3. The molecule has 1 unspecified atom stereocenters. The molecule has 0 amide bonds. The highest BCUT2D eigenvalue weighted by Gasteiger charge is 2.34. The van der Waals surface area contributed by atoms with Gasteiger partial charge in [-0.1, -0.05) is 18.7 Å². The van der Waals surface area contributed by atoms with Crippen molar-refractivity contribution in [3.05, 3.63) is 88.9 Å². The normalized spacial score (nSPS) is 13.5. The van der Waals surface area contributed by atoms with Gasteiger partial charge in [-0.25, -0.2) is 9.97 Å². The fraction of sp³-hybridized carbons (Fsp3) is 0.136. The number of thiazole rings is 1. The van der Waals surface area contributed by atoms with Crippen molar-refractivity contribution in [3.8, 4) is 11.4 Å². The van der Waals surface area contributed by atoms with E-state index in [9.17, 15) is 18.3 Å². The zero-order chi connectivity index (χ0) is 22.9. The second-order valence-electron chi connectivity index (χ2n) is 7.19. The lowest BCUT2D eigenvalue weighted by Gasteiger charge is -2.22. The quantitative estimate of drug-likeness (QED) is 0.367. The molecule has 0 radical (unpaired) electrons. The molecule has 1 aromatic carbocycles. The minimum absolute atomic E-state index is 0.0706. The Labute approximate surface area is 185 Å². The number of hydrogen-bond donors (Lipinski definition) is 3. The molecular formula is C22H18F3N5OS. The van der Waals surface area contributed by atoms with E-state index in [1.807, 2.05) is 5.38 Å². The van der Waals surface area contributed by atoms with Crippen molar-refractivity contribution < 1.29 is 18.3 Å². The molecule has 0 aliphatic rings. The summed E-state index contributed by atoms with van der Waals surface area (Å²) < 4.78 is 39.1. The molecule has 164 valence electrons. The molecule has 0 saturated heterocycles. The number of hydrogen-bond acceptors (Lipinski definition) is 6. The molecule has 0 saturated carbocycles.